The maximum Gasteiger partial charge on any atom is 0.263 e. The second-order valence-electron chi connectivity index (χ2n) is 4.99. The van der Waals surface area contributed by atoms with Crippen molar-refractivity contribution >= 4 is 17.2 Å². The van der Waals surface area contributed by atoms with Crippen LogP contribution in [0.2, 0.25) is 0 Å². The normalized spacial score (nSPS) is 17.9. The molecule has 2 rings (SSSR count). The molecule has 20 heavy (non-hydrogen) atoms. The van der Waals surface area contributed by atoms with Crippen LogP contribution in [0, 0.1) is 24.7 Å². The second kappa shape index (κ2) is 6.89. The van der Waals surface area contributed by atoms with E-state index in [-0.39, 0.29) is 25.0 Å². The molecule has 1 aromatic rings. The number of nitrogens with zero attached hydrogens (tertiary/aromatic N) is 1. The molecule has 0 aliphatic carbocycles. The first-order chi connectivity index (χ1) is 9.65. The van der Waals surface area contributed by atoms with E-state index in [0.717, 1.165) is 16.9 Å². The summed E-state index contributed by atoms with van der Waals surface area (Å²) in [5.74, 6) is 6.12. The van der Waals surface area contributed by atoms with Gasteiger partial charge in [-0.25, -0.2) is 0 Å². The molecule has 1 aliphatic rings. The molecule has 1 unspecified atom stereocenters. The van der Waals surface area contributed by atoms with E-state index in [0.29, 0.717) is 24.4 Å². The Morgan fingerprint density at radius 2 is 2.35 bits per heavy atom. The van der Waals surface area contributed by atoms with Crippen LogP contribution in [0.3, 0.4) is 0 Å². The van der Waals surface area contributed by atoms with Crippen molar-refractivity contribution < 1.29 is 15.0 Å². The number of aliphatic hydroxyl groups excluding tert-OH is 2. The Morgan fingerprint density at radius 1 is 1.55 bits per heavy atom. The number of aryl methyl sites for hydroxylation is 1. The molecule has 1 saturated heterocycles. The minimum Gasteiger partial charge on any atom is -0.396 e. The zero-order chi connectivity index (χ0) is 14.5. The molecule has 108 valence electrons. The van der Waals surface area contributed by atoms with Gasteiger partial charge in [0.15, 0.2) is 0 Å². The number of rotatable bonds is 3. The number of aliphatic hydroxyl groups is 2. The third-order valence-corrected chi connectivity index (χ3v) is 4.54. The molecular formula is C15H19NO3S. The van der Waals surface area contributed by atoms with Crippen LogP contribution in [0.5, 0.6) is 0 Å². The topological polar surface area (TPSA) is 60.8 Å². The van der Waals surface area contributed by atoms with Crippen molar-refractivity contribution in [2.24, 2.45) is 5.92 Å². The monoisotopic (exact) mass is 293 g/mol. The van der Waals surface area contributed by atoms with Gasteiger partial charge >= 0.3 is 0 Å². The SMILES string of the molecule is Cc1cc(C(=O)N2CCC(CO)C2)sc1C#CCCO. The van der Waals surface area contributed by atoms with Crippen molar-refractivity contribution in [2.45, 2.75) is 19.8 Å². The average molecular weight is 293 g/mol. The Hall–Kier alpha value is -1.35. The first-order valence-electron chi connectivity index (χ1n) is 6.76. The minimum atomic E-state index is 0.0317. The van der Waals surface area contributed by atoms with Crippen LogP contribution < -0.4 is 0 Å². The molecule has 0 radical (unpaired) electrons. The van der Waals surface area contributed by atoms with E-state index in [4.69, 9.17) is 10.2 Å². The third kappa shape index (κ3) is 3.40. The number of amides is 1. The molecular weight excluding hydrogens is 274 g/mol. The number of likely N-dealkylation sites (tertiary alicyclic amines) is 1. The zero-order valence-corrected chi connectivity index (χ0v) is 12.4. The summed E-state index contributed by atoms with van der Waals surface area (Å²) in [5.41, 5.74) is 1.00. The molecule has 1 amide bonds. The van der Waals surface area contributed by atoms with E-state index in [1.54, 1.807) is 4.90 Å². The number of thiophene rings is 1. The molecule has 0 saturated carbocycles. The highest BCUT2D eigenvalue weighted by atomic mass is 32.1. The number of carbonyl (C=O) groups is 1. The van der Waals surface area contributed by atoms with Gasteiger partial charge in [0.25, 0.3) is 5.91 Å². The first-order valence-corrected chi connectivity index (χ1v) is 7.57. The summed E-state index contributed by atoms with van der Waals surface area (Å²) in [6.07, 6.45) is 1.32. The molecule has 1 atom stereocenters. The molecule has 1 aliphatic heterocycles. The molecule has 1 fully saturated rings. The van der Waals surface area contributed by atoms with Gasteiger partial charge in [0.05, 0.1) is 16.4 Å². The van der Waals surface area contributed by atoms with Crippen LogP contribution in [0.15, 0.2) is 6.07 Å². The van der Waals surface area contributed by atoms with Crippen molar-refractivity contribution in [3.8, 4) is 11.8 Å². The van der Waals surface area contributed by atoms with Gasteiger partial charge in [-0.1, -0.05) is 11.8 Å². The summed E-state index contributed by atoms with van der Waals surface area (Å²) in [7, 11) is 0. The second-order valence-corrected chi connectivity index (χ2v) is 6.04. The van der Waals surface area contributed by atoms with Gasteiger partial charge in [-0.05, 0) is 25.0 Å². The molecule has 4 nitrogen and oxygen atoms in total. The lowest BCUT2D eigenvalue weighted by Crippen LogP contribution is -2.28. The Labute approximate surface area is 123 Å². The molecule has 2 heterocycles. The highest BCUT2D eigenvalue weighted by molar-refractivity contribution is 7.14. The van der Waals surface area contributed by atoms with E-state index in [1.165, 1.54) is 11.3 Å². The maximum atomic E-state index is 12.4. The highest BCUT2D eigenvalue weighted by Gasteiger charge is 2.27. The van der Waals surface area contributed by atoms with Crippen molar-refractivity contribution in [2.75, 3.05) is 26.3 Å². The van der Waals surface area contributed by atoms with E-state index >= 15 is 0 Å². The first kappa shape index (κ1) is 15.0. The molecule has 0 aromatic carbocycles. The highest BCUT2D eigenvalue weighted by Crippen LogP contribution is 2.25. The lowest BCUT2D eigenvalue weighted by Gasteiger charge is -2.14. The van der Waals surface area contributed by atoms with Crippen LogP contribution >= 0.6 is 11.3 Å². The van der Waals surface area contributed by atoms with E-state index in [2.05, 4.69) is 11.8 Å². The van der Waals surface area contributed by atoms with Crippen molar-refractivity contribution in [1.82, 2.24) is 4.90 Å². The number of hydrogen-bond acceptors (Lipinski definition) is 4. The predicted molar refractivity (Wildman–Crippen MR) is 78.7 cm³/mol. The number of hydrogen-bond donors (Lipinski definition) is 2. The number of carbonyl (C=O) groups excluding carboxylic acids is 1. The van der Waals surface area contributed by atoms with Crippen molar-refractivity contribution in [3.05, 3.63) is 21.4 Å². The fourth-order valence-electron chi connectivity index (χ4n) is 2.23. The lowest BCUT2D eigenvalue weighted by molar-refractivity contribution is 0.0786. The standard InChI is InChI=1S/C15H19NO3S/c1-11-8-14(20-13(11)4-2-3-7-17)15(19)16-6-5-12(9-16)10-18/h8,12,17-18H,3,5-7,9-10H2,1H3. The quantitative estimate of drug-likeness (QED) is 0.825. The van der Waals surface area contributed by atoms with Gasteiger partial charge in [0.2, 0.25) is 0 Å². The summed E-state index contributed by atoms with van der Waals surface area (Å²) in [5, 5.41) is 17.8. The van der Waals surface area contributed by atoms with Crippen LogP contribution in [0.1, 0.15) is 33.0 Å². The largest absolute Gasteiger partial charge is 0.396 e. The van der Waals surface area contributed by atoms with Gasteiger partial charge in [0, 0.05) is 32.0 Å². The van der Waals surface area contributed by atoms with Gasteiger partial charge in [-0.15, -0.1) is 11.3 Å². The predicted octanol–water partition coefficient (Wildman–Crippen LogP) is 1.24. The molecule has 0 bridgehead atoms. The van der Waals surface area contributed by atoms with E-state index in [9.17, 15) is 4.79 Å². The molecule has 2 N–H and O–H groups in total. The summed E-state index contributed by atoms with van der Waals surface area (Å²) in [6.45, 7) is 3.49. The summed E-state index contributed by atoms with van der Waals surface area (Å²) < 4.78 is 0. The maximum absolute atomic E-state index is 12.4. The van der Waals surface area contributed by atoms with Crippen LogP contribution in [-0.4, -0.2) is 47.3 Å². The fourth-order valence-corrected chi connectivity index (χ4v) is 3.25. The third-order valence-electron chi connectivity index (χ3n) is 3.40. The van der Waals surface area contributed by atoms with Gasteiger partial charge in [-0.2, -0.15) is 0 Å². The summed E-state index contributed by atoms with van der Waals surface area (Å²) in [6, 6.07) is 1.88. The zero-order valence-electron chi connectivity index (χ0n) is 11.6. The van der Waals surface area contributed by atoms with Crippen LogP contribution in [0.25, 0.3) is 0 Å². The summed E-state index contributed by atoms with van der Waals surface area (Å²) in [4.78, 5) is 15.8. The molecule has 1 aromatic heterocycles. The minimum absolute atomic E-state index is 0.0317. The lowest BCUT2D eigenvalue weighted by atomic mass is 10.1. The Morgan fingerprint density at radius 3 is 3.00 bits per heavy atom. The van der Waals surface area contributed by atoms with Gasteiger partial charge in [0.1, 0.15) is 0 Å². The van der Waals surface area contributed by atoms with Crippen molar-refractivity contribution in [1.29, 1.82) is 0 Å². The van der Waals surface area contributed by atoms with Crippen molar-refractivity contribution in [3.63, 3.8) is 0 Å². The Kier molecular flexibility index (Phi) is 5.18. The van der Waals surface area contributed by atoms with E-state index < -0.39 is 0 Å². The smallest absolute Gasteiger partial charge is 0.263 e. The van der Waals surface area contributed by atoms with Crippen LogP contribution in [-0.2, 0) is 0 Å². The average Bonchev–Trinajstić information content (AvgIpc) is 3.05. The van der Waals surface area contributed by atoms with Gasteiger partial charge < -0.3 is 15.1 Å². The Bertz CT molecular complexity index is 541. The molecule has 0 spiro atoms. The Balaban J connectivity index is 2.08. The molecule has 5 heteroatoms. The van der Waals surface area contributed by atoms with Crippen LogP contribution in [0.4, 0.5) is 0 Å². The fraction of sp³-hybridized carbons (Fsp3) is 0.533. The summed E-state index contributed by atoms with van der Waals surface area (Å²) >= 11 is 1.40. The van der Waals surface area contributed by atoms with E-state index in [1.807, 2.05) is 13.0 Å². The van der Waals surface area contributed by atoms with Gasteiger partial charge in [-0.3, -0.25) is 4.79 Å².